The molecule has 0 radical (unpaired) electrons. The predicted octanol–water partition coefficient (Wildman–Crippen LogP) is 2.39. The summed E-state index contributed by atoms with van der Waals surface area (Å²) in [5.41, 5.74) is 8.40. The summed E-state index contributed by atoms with van der Waals surface area (Å²) in [6.07, 6.45) is -0.836. The zero-order valence-corrected chi connectivity index (χ0v) is 15.0. The second-order valence-corrected chi connectivity index (χ2v) is 6.44. The van der Waals surface area contributed by atoms with Gasteiger partial charge in [-0.25, -0.2) is 0 Å². The molecule has 2 heterocycles. The summed E-state index contributed by atoms with van der Waals surface area (Å²) < 4.78 is 11.1. The maximum atomic E-state index is 12.4. The Labute approximate surface area is 155 Å². The van der Waals surface area contributed by atoms with Gasteiger partial charge in [0.15, 0.2) is 11.5 Å². The molecule has 3 N–H and O–H groups in total. The number of nitrogens with one attached hydrogen (secondary N) is 3. The average Bonchev–Trinajstić information content (AvgIpc) is 2.98. The number of hydrogen-bond donors (Lipinski definition) is 3. The molecule has 0 saturated heterocycles. The Morgan fingerprint density at radius 2 is 1.85 bits per heavy atom. The summed E-state index contributed by atoms with van der Waals surface area (Å²) in [5.74, 6) is 0.211. The van der Waals surface area contributed by atoms with Crippen LogP contribution in [0.1, 0.15) is 21.6 Å². The van der Waals surface area contributed by atoms with Gasteiger partial charge in [0.25, 0.3) is 11.8 Å². The second kappa shape index (κ2) is 6.68. The molecule has 7 nitrogen and oxygen atoms in total. The van der Waals surface area contributed by atoms with Crippen LogP contribution in [0.5, 0.6) is 11.5 Å². The number of para-hydroxylation sites is 2. The van der Waals surface area contributed by atoms with Gasteiger partial charge in [-0.1, -0.05) is 12.1 Å². The number of hydrogen-bond acceptors (Lipinski definition) is 4. The highest BCUT2D eigenvalue weighted by Crippen LogP contribution is 2.30. The monoisotopic (exact) mass is 365 g/mol. The zero-order valence-electron chi connectivity index (χ0n) is 15.0. The minimum absolute atomic E-state index is 0.0759. The van der Waals surface area contributed by atoms with Gasteiger partial charge in [0.1, 0.15) is 6.61 Å². The van der Waals surface area contributed by atoms with Gasteiger partial charge in [-0.3, -0.25) is 20.4 Å². The fourth-order valence-corrected chi connectivity index (χ4v) is 3.02. The van der Waals surface area contributed by atoms with Gasteiger partial charge < -0.3 is 14.5 Å². The molecule has 0 fully saturated rings. The lowest BCUT2D eigenvalue weighted by molar-refractivity contribution is -0.131. The SMILES string of the molecule is Cc1[nH]c2ccc(C(=O)NNC(=O)[C@@H]3COc4ccccc4O3)cc2c1C. The molecule has 0 saturated carbocycles. The maximum absolute atomic E-state index is 12.4. The van der Waals surface area contributed by atoms with Gasteiger partial charge in [0, 0.05) is 22.2 Å². The highest BCUT2D eigenvalue weighted by Gasteiger charge is 2.27. The summed E-state index contributed by atoms with van der Waals surface area (Å²) in [6.45, 7) is 4.06. The number of carbonyl (C=O) groups excluding carboxylic acids is 2. The van der Waals surface area contributed by atoms with Crippen molar-refractivity contribution < 1.29 is 19.1 Å². The van der Waals surface area contributed by atoms with Gasteiger partial charge in [-0.15, -0.1) is 0 Å². The van der Waals surface area contributed by atoms with Crippen LogP contribution in [0.4, 0.5) is 0 Å². The van der Waals surface area contributed by atoms with Gasteiger partial charge in [0.2, 0.25) is 6.10 Å². The van der Waals surface area contributed by atoms with E-state index in [0.717, 1.165) is 22.2 Å². The molecule has 138 valence electrons. The minimum atomic E-state index is -0.836. The van der Waals surface area contributed by atoms with Crippen molar-refractivity contribution >= 4 is 22.7 Å². The molecule has 7 heteroatoms. The van der Waals surface area contributed by atoms with E-state index < -0.39 is 17.9 Å². The van der Waals surface area contributed by atoms with E-state index in [0.29, 0.717) is 17.1 Å². The molecule has 4 rings (SSSR count). The number of benzene rings is 2. The summed E-state index contributed by atoms with van der Waals surface area (Å²) in [5, 5.41) is 0.979. The van der Waals surface area contributed by atoms with Crippen molar-refractivity contribution in [2.75, 3.05) is 6.61 Å². The number of ether oxygens (including phenoxy) is 2. The van der Waals surface area contributed by atoms with E-state index in [4.69, 9.17) is 9.47 Å². The Morgan fingerprint density at radius 1 is 1.07 bits per heavy atom. The number of aryl methyl sites for hydroxylation is 2. The Balaban J connectivity index is 1.40. The van der Waals surface area contributed by atoms with E-state index in [1.54, 1.807) is 30.3 Å². The van der Waals surface area contributed by atoms with Crippen LogP contribution in [0, 0.1) is 13.8 Å². The molecule has 3 aromatic rings. The summed E-state index contributed by atoms with van der Waals surface area (Å²) in [7, 11) is 0. The van der Waals surface area contributed by atoms with Crippen LogP contribution in [-0.4, -0.2) is 29.5 Å². The highest BCUT2D eigenvalue weighted by atomic mass is 16.6. The molecular formula is C20H19N3O4. The molecule has 0 aliphatic carbocycles. The molecule has 1 aliphatic heterocycles. The minimum Gasteiger partial charge on any atom is -0.485 e. The Morgan fingerprint density at radius 3 is 2.67 bits per heavy atom. The fraction of sp³-hybridized carbons (Fsp3) is 0.200. The molecule has 0 spiro atoms. The quantitative estimate of drug-likeness (QED) is 0.608. The predicted molar refractivity (Wildman–Crippen MR) is 99.7 cm³/mol. The molecule has 2 amide bonds. The van der Waals surface area contributed by atoms with Crippen LogP contribution in [0.3, 0.4) is 0 Å². The van der Waals surface area contributed by atoms with Crippen LogP contribution >= 0.6 is 0 Å². The van der Waals surface area contributed by atoms with Crippen LogP contribution in [-0.2, 0) is 4.79 Å². The van der Waals surface area contributed by atoms with Crippen molar-refractivity contribution in [3.05, 3.63) is 59.3 Å². The van der Waals surface area contributed by atoms with Crippen LogP contribution in [0.2, 0.25) is 0 Å². The molecule has 2 aromatic carbocycles. The number of amides is 2. The lowest BCUT2D eigenvalue weighted by Crippen LogP contribution is -2.50. The van der Waals surface area contributed by atoms with E-state index in [9.17, 15) is 9.59 Å². The summed E-state index contributed by atoms with van der Waals surface area (Å²) in [6, 6.07) is 12.5. The molecule has 1 aromatic heterocycles. The summed E-state index contributed by atoms with van der Waals surface area (Å²) >= 11 is 0. The second-order valence-electron chi connectivity index (χ2n) is 6.44. The van der Waals surface area contributed by atoms with Crippen molar-refractivity contribution in [1.82, 2.24) is 15.8 Å². The van der Waals surface area contributed by atoms with Crippen LogP contribution in [0.15, 0.2) is 42.5 Å². The van der Waals surface area contributed by atoms with Crippen molar-refractivity contribution in [2.45, 2.75) is 20.0 Å². The smallest absolute Gasteiger partial charge is 0.283 e. The number of H-pyrrole nitrogens is 1. The lowest BCUT2D eigenvalue weighted by atomic mass is 10.1. The standard InChI is InChI=1S/C20H19N3O4/c1-11-12(2)21-15-8-7-13(9-14(11)15)19(24)22-23-20(25)18-10-26-16-5-3-4-6-17(16)27-18/h3-9,18,21H,10H2,1-2H3,(H,22,24)(H,23,25)/t18-/m0/s1. The third-order valence-electron chi connectivity index (χ3n) is 4.67. The van der Waals surface area contributed by atoms with Crippen molar-refractivity contribution in [3.63, 3.8) is 0 Å². The zero-order chi connectivity index (χ0) is 19.0. The van der Waals surface area contributed by atoms with E-state index >= 15 is 0 Å². The van der Waals surface area contributed by atoms with E-state index in [1.807, 2.05) is 26.0 Å². The van der Waals surface area contributed by atoms with Crippen LogP contribution in [0.25, 0.3) is 10.9 Å². The van der Waals surface area contributed by atoms with Gasteiger partial charge in [-0.2, -0.15) is 0 Å². The van der Waals surface area contributed by atoms with E-state index in [-0.39, 0.29) is 6.61 Å². The van der Waals surface area contributed by atoms with Gasteiger partial charge in [-0.05, 0) is 49.7 Å². The van der Waals surface area contributed by atoms with Crippen molar-refractivity contribution in [1.29, 1.82) is 0 Å². The number of carbonyl (C=O) groups is 2. The van der Waals surface area contributed by atoms with Gasteiger partial charge in [0.05, 0.1) is 0 Å². The number of aromatic nitrogens is 1. The first kappa shape index (κ1) is 17.0. The Hall–Kier alpha value is -3.48. The third-order valence-corrected chi connectivity index (χ3v) is 4.67. The van der Waals surface area contributed by atoms with Gasteiger partial charge >= 0.3 is 0 Å². The first-order chi connectivity index (χ1) is 13.0. The maximum Gasteiger partial charge on any atom is 0.283 e. The first-order valence-corrected chi connectivity index (χ1v) is 8.60. The lowest BCUT2D eigenvalue weighted by Gasteiger charge is -2.25. The van der Waals surface area contributed by atoms with Crippen LogP contribution < -0.4 is 20.3 Å². The molecule has 27 heavy (non-hydrogen) atoms. The van der Waals surface area contributed by atoms with Crippen molar-refractivity contribution in [3.8, 4) is 11.5 Å². The number of fused-ring (bicyclic) bond motifs is 2. The number of hydrazine groups is 1. The topological polar surface area (TPSA) is 92.5 Å². The highest BCUT2D eigenvalue weighted by molar-refractivity contribution is 5.99. The molecular weight excluding hydrogens is 346 g/mol. The molecule has 0 bridgehead atoms. The van der Waals surface area contributed by atoms with Crippen molar-refractivity contribution in [2.24, 2.45) is 0 Å². The molecule has 1 atom stereocenters. The fourth-order valence-electron chi connectivity index (χ4n) is 3.02. The summed E-state index contributed by atoms with van der Waals surface area (Å²) in [4.78, 5) is 27.9. The average molecular weight is 365 g/mol. The molecule has 0 unspecified atom stereocenters. The number of rotatable bonds is 2. The Bertz CT molecular complexity index is 1040. The largest absolute Gasteiger partial charge is 0.485 e. The van der Waals surface area contributed by atoms with E-state index in [1.165, 1.54) is 0 Å². The first-order valence-electron chi connectivity index (χ1n) is 8.60. The number of aromatic amines is 1. The molecule has 1 aliphatic rings. The normalized spacial score (nSPS) is 15.4. The Kier molecular flexibility index (Phi) is 4.19. The van der Waals surface area contributed by atoms with E-state index in [2.05, 4.69) is 15.8 Å². The third kappa shape index (κ3) is 3.19.